The van der Waals surface area contributed by atoms with Gasteiger partial charge in [0, 0.05) is 0 Å². The minimum absolute atomic E-state index is 0.367. The van der Waals surface area contributed by atoms with Crippen LogP contribution in [0.25, 0.3) is 5.57 Å². The van der Waals surface area contributed by atoms with Crippen LogP contribution in [-0.4, -0.2) is 24.3 Å². The fourth-order valence-electron chi connectivity index (χ4n) is 2.62. The van der Waals surface area contributed by atoms with Crippen molar-refractivity contribution in [2.24, 2.45) is 0 Å². The Kier molecular flexibility index (Phi) is 7.34. The van der Waals surface area contributed by atoms with Gasteiger partial charge in [-0.05, 0) is 50.5 Å². The summed E-state index contributed by atoms with van der Waals surface area (Å²) in [6.07, 6.45) is 2.40. The topological polar surface area (TPSA) is 38.7 Å². The van der Waals surface area contributed by atoms with E-state index in [4.69, 9.17) is 9.05 Å². The van der Waals surface area contributed by atoms with Gasteiger partial charge >= 0.3 is 7.94 Å². The fraction of sp³-hybridized carbons (Fsp3) is 0.333. The smallest absolute Gasteiger partial charge is 0.192 e. The maximum atomic E-state index is 10.7. The average molecular weight is 359 g/mol. The zero-order valence-electron chi connectivity index (χ0n) is 15.5. The third-order valence-corrected chi connectivity index (χ3v) is 5.88. The lowest BCUT2D eigenvalue weighted by Crippen LogP contribution is -2.06. The number of hydrogen-bond donors (Lipinski definition) is 1. The molecule has 2 aromatic rings. The van der Waals surface area contributed by atoms with Gasteiger partial charge in [-0.2, -0.15) is 13.9 Å². The summed E-state index contributed by atoms with van der Waals surface area (Å²) in [4.78, 5) is 10.7. The van der Waals surface area contributed by atoms with Gasteiger partial charge in [-0.3, -0.25) is 0 Å². The second-order valence-electron chi connectivity index (χ2n) is 6.01. The number of benzene rings is 2. The van der Waals surface area contributed by atoms with Gasteiger partial charge in [0.1, 0.15) is 0 Å². The molecule has 0 aliphatic carbocycles. The summed E-state index contributed by atoms with van der Waals surface area (Å²) in [5.74, 6) is 0. The third kappa shape index (κ3) is 5.76. The molecule has 3 nitrogen and oxygen atoms in total. The highest BCUT2D eigenvalue weighted by molar-refractivity contribution is 7.60. The van der Waals surface area contributed by atoms with E-state index in [9.17, 15) is 4.89 Å². The minimum Gasteiger partial charge on any atom is -0.192 e. The molecule has 0 saturated carbocycles. The lowest BCUT2D eigenvalue weighted by molar-refractivity contribution is 0.192. The Morgan fingerprint density at radius 2 is 1.24 bits per heavy atom. The van der Waals surface area contributed by atoms with Crippen molar-refractivity contribution in [3.05, 3.63) is 76.9 Å². The van der Waals surface area contributed by atoms with Crippen LogP contribution in [0.3, 0.4) is 0 Å². The van der Waals surface area contributed by atoms with Crippen molar-refractivity contribution in [3.63, 3.8) is 0 Å². The molecule has 0 fully saturated rings. The molecule has 0 spiro atoms. The summed E-state index contributed by atoms with van der Waals surface area (Å²) in [6.45, 7) is 8.76. The predicted octanol–water partition coefficient (Wildman–Crippen LogP) is 5.56. The average Bonchev–Trinajstić information content (AvgIpc) is 2.58. The molecule has 0 aliphatic rings. The molecule has 2 rings (SSSR count). The van der Waals surface area contributed by atoms with Crippen LogP contribution in [0.2, 0.25) is 0 Å². The second kappa shape index (κ2) is 9.26. The molecule has 2 aromatic carbocycles. The summed E-state index contributed by atoms with van der Waals surface area (Å²) in [7, 11) is -2.86. The Morgan fingerprint density at radius 3 is 1.60 bits per heavy atom. The van der Waals surface area contributed by atoms with Crippen LogP contribution in [0.1, 0.15) is 36.1 Å². The molecule has 25 heavy (non-hydrogen) atoms. The number of allylic oxidation sites excluding steroid dienone is 1. The lowest BCUT2D eigenvalue weighted by Gasteiger charge is -2.16. The molecule has 0 aliphatic heterocycles. The largest absolute Gasteiger partial charge is 0.412 e. The molecule has 0 saturated heterocycles. The SMILES string of the molecule is CCO[P+](O)(CC=C(c1ccc(C)cc1)c1ccc(C)cc1)OCC. The second-order valence-corrected chi connectivity index (χ2v) is 8.16. The van der Waals surface area contributed by atoms with E-state index in [2.05, 4.69) is 62.4 Å². The van der Waals surface area contributed by atoms with E-state index in [1.54, 1.807) is 0 Å². The van der Waals surface area contributed by atoms with Crippen molar-refractivity contribution < 1.29 is 13.9 Å². The first-order chi connectivity index (χ1) is 12.0. The molecule has 0 unspecified atom stereocenters. The first-order valence-corrected chi connectivity index (χ1v) is 10.5. The van der Waals surface area contributed by atoms with E-state index >= 15 is 0 Å². The van der Waals surface area contributed by atoms with Gasteiger partial charge in [-0.15, -0.1) is 0 Å². The van der Waals surface area contributed by atoms with Crippen LogP contribution in [0.5, 0.6) is 0 Å². The van der Waals surface area contributed by atoms with E-state index < -0.39 is 7.94 Å². The number of rotatable bonds is 8. The Balaban J connectivity index is 2.39. The summed E-state index contributed by atoms with van der Waals surface area (Å²) in [5.41, 5.74) is 5.76. The highest BCUT2D eigenvalue weighted by atomic mass is 31.2. The molecule has 0 aromatic heterocycles. The van der Waals surface area contributed by atoms with E-state index in [0.717, 1.165) is 16.7 Å². The quantitative estimate of drug-likeness (QED) is 0.627. The Bertz CT molecular complexity index is 637. The molecule has 1 N–H and O–H groups in total. The maximum Gasteiger partial charge on any atom is 0.412 e. The Morgan fingerprint density at radius 1 is 0.840 bits per heavy atom. The van der Waals surface area contributed by atoms with Gasteiger partial charge in [0.25, 0.3) is 0 Å². The number of hydrogen-bond acceptors (Lipinski definition) is 3. The third-order valence-electron chi connectivity index (χ3n) is 3.91. The molecular weight excluding hydrogens is 331 g/mol. The maximum absolute atomic E-state index is 10.7. The van der Waals surface area contributed by atoms with Crippen molar-refractivity contribution >= 4 is 13.5 Å². The van der Waals surface area contributed by atoms with Crippen molar-refractivity contribution in [3.8, 4) is 0 Å². The molecule has 0 radical (unpaired) electrons. The summed E-state index contributed by atoms with van der Waals surface area (Å²) in [6, 6.07) is 16.8. The molecule has 0 amide bonds. The summed E-state index contributed by atoms with van der Waals surface area (Å²) in [5, 5.41) is 0. The molecule has 4 heteroatoms. The fourth-order valence-corrected chi connectivity index (χ4v) is 4.13. The molecular formula is C21H28O3P+. The molecule has 0 heterocycles. The van der Waals surface area contributed by atoms with Crippen molar-refractivity contribution in [1.82, 2.24) is 0 Å². The van der Waals surface area contributed by atoms with Crippen LogP contribution in [-0.2, 0) is 9.05 Å². The standard InChI is InChI=1S/C21H28O3P/c1-5-23-25(22,24-6-2)16-15-21(19-11-7-17(3)8-12-19)20-13-9-18(4)10-14-20/h7-15,22H,5-6,16H2,1-4H3/q+1. The number of aryl methyl sites for hydroxylation is 2. The Labute approximate surface area is 151 Å². The molecule has 134 valence electrons. The van der Waals surface area contributed by atoms with Gasteiger partial charge in [-0.25, -0.2) is 0 Å². The van der Waals surface area contributed by atoms with E-state index in [1.807, 2.05) is 19.9 Å². The molecule has 0 atom stereocenters. The van der Waals surface area contributed by atoms with Crippen LogP contribution in [0, 0.1) is 13.8 Å². The van der Waals surface area contributed by atoms with Gasteiger partial charge in [0.15, 0.2) is 6.16 Å². The van der Waals surface area contributed by atoms with E-state index in [1.165, 1.54) is 11.1 Å². The van der Waals surface area contributed by atoms with E-state index in [-0.39, 0.29) is 0 Å². The minimum atomic E-state index is -2.86. The predicted molar refractivity (Wildman–Crippen MR) is 107 cm³/mol. The summed E-state index contributed by atoms with van der Waals surface area (Å²) < 4.78 is 11.1. The normalized spacial score (nSPS) is 11.4. The first kappa shape index (κ1) is 19.8. The van der Waals surface area contributed by atoms with Crippen LogP contribution in [0.4, 0.5) is 0 Å². The van der Waals surface area contributed by atoms with Crippen molar-refractivity contribution in [1.29, 1.82) is 0 Å². The highest BCUT2D eigenvalue weighted by Crippen LogP contribution is 2.57. The lowest BCUT2D eigenvalue weighted by atomic mass is 9.96. The van der Waals surface area contributed by atoms with E-state index in [0.29, 0.717) is 19.4 Å². The molecule has 0 bridgehead atoms. The zero-order valence-corrected chi connectivity index (χ0v) is 16.4. The Hall–Kier alpha value is -1.51. The van der Waals surface area contributed by atoms with Crippen LogP contribution >= 0.6 is 7.94 Å². The van der Waals surface area contributed by atoms with Crippen LogP contribution in [0.15, 0.2) is 54.6 Å². The zero-order chi connectivity index (χ0) is 18.3. The van der Waals surface area contributed by atoms with Gasteiger partial charge in [0.05, 0.1) is 13.2 Å². The first-order valence-electron chi connectivity index (χ1n) is 8.71. The van der Waals surface area contributed by atoms with Crippen molar-refractivity contribution in [2.45, 2.75) is 27.7 Å². The monoisotopic (exact) mass is 359 g/mol. The van der Waals surface area contributed by atoms with Crippen LogP contribution < -0.4 is 0 Å². The highest BCUT2D eigenvalue weighted by Gasteiger charge is 2.38. The van der Waals surface area contributed by atoms with Crippen molar-refractivity contribution in [2.75, 3.05) is 19.4 Å². The van der Waals surface area contributed by atoms with Gasteiger partial charge < -0.3 is 0 Å². The van der Waals surface area contributed by atoms with Gasteiger partial charge in [-0.1, -0.05) is 59.7 Å². The van der Waals surface area contributed by atoms with Gasteiger partial charge in [0.2, 0.25) is 0 Å². The summed E-state index contributed by atoms with van der Waals surface area (Å²) >= 11 is 0.